The Morgan fingerprint density at radius 2 is 1.58 bits per heavy atom. The number of anilines is 1. The highest BCUT2D eigenvalue weighted by atomic mass is 32.2. The first-order valence-corrected chi connectivity index (χ1v) is 10.1. The van der Waals surface area contributed by atoms with Gasteiger partial charge in [-0.2, -0.15) is 0 Å². The van der Waals surface area contributed by atoms with Crippen LogP contribution in [0.4, 0.5) is 5.69 Å². The lowest BCUT2D eigenvalue weighted by Crippen LogP contribution is -2.36. The summed E-state index contributed by atoms with van der Waals surface area (Å²) in [6, 6.07) is 11.6. The fraction of sp³-hybridized carbons (Fsp3) is 0.350. The van der Waals surface area contributed by atoms with E-state index in [0.29, 0.717) is 22.7 Å². The van der Waals surface area contributed by atoms with Crippen molar-refractivity contribution in [2.75, 3.05) is 4.72 Å². The number of carbonyl (C=O) groups is 1. The van der Waals surface area contributed by atoms with Gasteiger partial charge in [-0.3, -0.25) is 9.52 Å². The summed E-state index contributed by atoms with van der Waals surface area (Å²) in [6.07, 6.45) is 0. The Bertz CT molecular complexity index is 888. The van der Waals surface area contributed by atoms with Gasteiger partial charge < -0.3 is 5.32 Å². The fourth-order valence-electron chi connectivity index (χ4n) is 2.30. The molecule has 0 radical (unpaired) electrons. The van der Waals surface area contributed by atoms with Gasteiger partial charge in [-0.1, -0.05) is 31.5 Å². The molecule has 0 bridgehead atoms. The van der Waals surface area contributed by atoms with Crippen LogP contribution in [0.3, 0.4) is 0 Å². The highest BCUT2D eigenvalue weighted by Gasteiger charge is 2.17. The van der Waals surface area contributed by atoms with Crippen molar-refractivity contribution in [2.45, 2.75) is 45.6 Å². The Balaban J connectivity index is 2.19. The summed E-state index contributed by atoms with van der Waals surface area (Å²) >= 11 is 0. The average Bonchev–Trinajstić information content (AvgIpc) is 2.56. The Hall–Kier alpha value is -2.34. The van der Waals surface area contributed by atoms with Gasteiger partial charge >= 0.3 is 0 Å². The SMILES string of the molecule is Cc1ccc(S(=O)(=O)Nc2ccc(C(=O)N[C@H](C)C(C)C)cc2C)cc1. The maximum absolute atomic E-state index is 12.5. The van der Waals surface area contributed by atoms with E-state index in [9.17, 15) is 13.2 Å². The van der Waals surface area contributed by atoms with E-state index in [0.717, 1.165) is 5.56 Å². The maximum Gasteiger partial charge on any atom is 0.261 e. The first-order valence-electron chi connectivity index (χ1n) is 8.61. The molecule has 0 saturated carbocycles. The van der Waals surface area contributed by atoms with Crippen LogP contribution in [0.15, 0.2) is 47.4 Å². The van der Waals surface area contributed by atoms with Gasteiger partial charge in [0.05, 0.1) is 10.6 Å². The summed E-state index contributed by atoms with van der Waals surface area (Å²) in [7, 11) is -3.67. The van der Waals surface area contributed by atoms with Crippen LogP contribution in [-0.2, 0) is 10.0 Å². The summed E-state index contributed by atoms with van der Waals surface area (Å²) in [5, 5.41) is 2.94. The predicted molar refractivity (Wildman–Crippen MR) is 105 cm³/mol. The summed E-state index contributed by atoms with van der Waals surface area (Å²) in [5.41, 5.74) is 2.64. The second-order valence-corrected chi connectivity index (χ2v) is 8.64. The minimum absolute atomic E-state index is 0.0579. The second-order valence-electron chi connectivity index (χ2n) is 6.95. The Morgan fingerprint density at radius 3 is 2.12 bits per heavy atom. The normalized spacial score (nSPS) is 12.7. The van der Waals surface area contributed by atoms with Crippen LogP contribution < -0.4 is 10.0 Å². The monoisotopic (exact) mass is 374 g/mol. The molecule has 2 rings (SSSR count). The minimum atomic E-state index is -3.67. The van der Waals surface area contributed by atoms with Crippen molar-refractivity contribution in [1.29, 1.82) is 0 Å². The number of rotatable bonds is 6. The highest BCUT2D eigenvalue weighted by Crippen LogP contribution is 2.21. The Labute approximate surface area is 155 Å². The van der Waals surface area contributed by atoms with Gasteiger partial charge in [0, 0.05) is 11.6 Å². The molecule has 6 heteroatoms. The molecule has 0 aliphatic rings. The zero-order chi connectivity index (χ0) is 19.5. The number of sulfonamides is 1. The number of amides is 1. The average molecular weight is 375 g/mol. The first-order chi connectivity index (χ1) is 12.1. The summed E-state index contributed by atoms with van der Waals surface area (Å²) in [6.45, 7) is 9.71. The van der Waals surface area contributed by atoms with Gasteiger partial charge in [-0.05, 0) is 62.6 Å². The Kier molecular flexibility index (Phi) is 6.08. The van der Waals surface area contributed by atoms with E-state index in [4.69, 9.17) is 0 Å². The van der Waals surface area contributed by atoms with Crippen molar-refractivity contribution in [3.8, 4) is 0 Å². The smallest absolute Gasteiger partial charge is 0.261 e. The molecule has 0 unspecified atom stereocenters. The van der Waals surface area contributed by atoms with Crippen LogP contribution in [0.2, 0.25) is 0 Å². The quantitative estimate of drug-likeness (QED) is 0.806. The molecule has 1 amide bonds. The molecule has 0 saturated heterocycles. The molecule has 2 N–H and O–H groups in total. The van der Waals surface area contributed by atoms with Gasteiger partial charge in [0.1, 0.15) is 0 Å². The molecular weight excluding hydrogens is 348 g/mol. The number of benzene rings is 2. The van der Waals surface area contributed by atoms with Crippen LogP contribution in [0.5, 0.6) is 0 Å². The van der Waals surface area contributed by atoms with Crippen molar-refractivity contribution < 1.29 is 13.2 Å². The van der Waals surface area contributed by atoms with Gasteiger partial charge in [0.2, 0.25) is 0 Å². The van der Waals surface area contributed by atoms with Crippen molar-refractivity contribution in [3.63, 3.8) is 0 Å². The zero-order valence-corrected chi connectivity index (χ0v) is 16.6. The highest BCUT2D eigenvalue weighted by molar-refractivity contribution is 7.92. The van der Waals surface area contributed by atoms with Crippen LogP contribution in [0, 0.1) is 19.8 Å². The van der Waals surface area contributed by atoms with E-state index in [1.807, 2.05) is 27.7 Å². The number of hydrogen-bond donors (Lipinski definition) is 2. The van der Waals surface area contributed by atoms with Crippen LogP contribution >= 0.6 is 0 Å². The molecule has 2 aromatic rings. The predicted octanol–water partition coefficient (Wildman–Crippen LogP) is 3.88. The van der Waals surface area contributed by atoms with E-state index in [1.165, 1.54) is 0 Å². The molecule has 140 valence electrons. The lowest BCUT2D eigenvalue weighted by atomic mass is 10.0. The summed E-state index contributed by atoms with van der Waals surface area (Å²) in [4.78, 5) is 12.5. The van der Waals surface area contributed by atoms with E-state index in [-0.39, 0.29) is 16.8 Å². The molecular formula is C20H26N2O3S. The van der Waals surface area contributed by atoms with Crippen molar-refractivity contribution in [2.24, 2.45) is 5.92 Å². The largest absolute Gasteiger partial charge is 0.349 e. The standard InChI is InChI=1S/C20H26N2O3S/c1-13(2)16(5)21-20(23)17-8-11-19(15(4)12-17)22-26(24,25)18-9-6-14(3)7-10-18/h6-13,16,22H,1-5H3,(H,21,23)/t16-/m1/s1. The van der Waals surface area contributed by atoms with Crippen molar-refractivity contribution >= 4 is 21.6 Å². The van der Waals surface area contributed by atoms with Gasteiger partial charge in [-0.15, -0.1) is 0 Å². The molecule has 0 spiro atoms. The first kappa shape index (κ1) is 20.0. The molecule has 0 aromatic heterocycles. The maximum atomic E-state index is 12.5. The molecule has 0 fully saturated rings. The lowest BCUT2D eigenvalue weighted by molar-refractivity contribution is 0.0930. The number of nitrogens with one attached hydrogen (secondary N) is 2. The van der Waals surface area contributed by atoms with E-state index in [1.54, 1.807) is 49.4 Å². The molecule has 1 atom stereocenters. The minimum Gasteiger partial charge on any atom is -0.349 e. The summed E-state index contributed by atoms with van der Waals surface area (Å²) < 4.78 is 27.6. The topological polar surface area (TPSA) is 75.3 Å². The molecule has 0 aliphatic heterocycles. The number of carbonyl (C=O) groups excluding carboxylic acids is 1. The lowest BCUT2D eigenvalue weighted by Gasteiger charge is -2.18. The molecule has 0 aliphatic carbocycles. The van der Waals surface area contributed by atoms with E-state index in [2.05, 4.69) is 10.0 Å². The van der Waals surface area contributed by atoms with E-state index >= 15 is 0 Å². The zero-order valence-electron chi connectivity index (χ0n) is 15.8. The van der Waals surface area contributed by atoms with Crippen molar-refractivity contribution in [3.05, 3.63) is 59.2 Å². The number of aryl methyl sites for hydroxylation is 2. The third-order valence-corrected chi connectivity index (χ3v) is 5.80. The molecule has 5 nitrogen and oxygen atoms in total. The molecule has 2 aromatic carbocycles. The van der Waals surface area contributed by atoms with Crippen molar-refractivity contribution in [1.82, 2.24) is 5.32 Å². The summed E-state index contributed by atoms with van der Waals surface area (Å²) in [5.74, 6) is 0.169. The van der Waals surface area contributed by atoms with Crippen LogP contribution in [0.1, 0.15) is 42.3 Å². The number of hydrogen-bond acceptors (Lipinski definition) is 3. The fourth-order valence-corrected chi connectivity index (χ4v) is 3.43. The van der Waals surface area contributed by atoms with Crippen LogP contribution in [-0.4, -0.2) is 20.4 Å². The van der Waals surface area contributed by atoms with E-state index < -0.39 is 10.0 Å². The van der Waals surface area contributed by atoms with Gasteiger partial charge in [0.25, 0.3) is 15.9 Å². The van der Waals surface area contributed by atoms with Crippen LogP contribution in [0.25, 0.3) is 0 Å². The second kappa shape index (κ2) is 7.91. The third kappa shape index (κ3) is 4.85. The van der Waals surface area contributed by atoms with Gasteiger partial charge in [0.15, 0.2) is 0 Å². The molecule has 0 heterocycles. The third-order valence-electron chi connectivity index (χ3n) is 4.42. The van der Waals surface area contributed by atoms with Gasteiger partial charge in [-0.25, -0.2) is 8.42 Å². The molecule has 26 heavy (non-hydrogen) atoms. The Morgan fingerprint density at radius 1 is 0.962 bits per heavy atom.